The van der Waals surface area contributed by atoms with Gasteiger partial charge in [0.1, 0.15) is 15.5 Å². The van der Waals surface area contributed by atoms with Gasteiger partial charge in [-0.25, -0.2) is 9.78 Å². The highest BCUT2D eigenvalue weighted by molar-refractivity contribution is 7.20. The number of hydrogen-bond donors (Lipinski definition) is 1. The Kier molecular flexibility index (Phi) is 7.65. The number of aliphatic imine (C=N–C) groups is 1. The molecular weight excluding hydrogens is 542 g/mol. The predicted molar refractivity (Wildman–Crippen MR) is 159 cm³/mol. The molecule has 0 saturated carbocycles. The number of rotatable bonds is 9. The Morgan fingerprint density at radius 2 is 2.10 bits per heavy atom. The topological polar surface area (TPSA) is 113 Å². The normalized spacial score (nSPS) is 23.0. The molecule has 2 aromatic heterocycles. The predicted octanol–water partition coefficient (Wildman–Crippen LogP) is 4.55. The minimum Gasteiger partial charge on any atom is -0.462 e. The number of thiophene rings is 1. The molecule has 0 amide bonds. The summed E-state index contributed by atoms with van der Waals surface area (Å²) in [5.41, 5.74) is 8.76. The van der Waals surface area contributed by atoms with Gasteiger partial charge in [-0.3, -0.25) is 4.99 Å². The van der Waals surface area contributed by atoms with E-state index in [1.807, 2.05) is 32.0 Å². The molecule has 2 saturated heterocycles. The minimum absolute atomic E-state index is 0.199. The van der Waals surface area contributed by atoms with Crippen molar-refractivity contribution >= 4 is 39.6 Å². The maximum Gasteiger partial charge on any atom is 0.348 e. The highest BCUT2D eigenvalue weighted by atomic mass is 32.1. The fourth-order valence-corrected chi connectivity index (χ4v) is 6.62. The van der Waals surface area contributed by atoms with Gasteiger partial charge in [0.05, 0.1) is 36.2 Å². The first kappa shape index (κ1) is 27.6. The zero-order chi connectivity index (χ0) is 28.6. The molecule has 0 spiro atoms. The van der Waals surface area contributed by atoms with Crippen molar-refractivity contribution in [2.24, 2.45) is 16.6 Å². The van der Waals surface area contributed by atoms with Crippen LogP contribution in [0.4, 0.5) is 5.69 Å². The van der Waals surface area contributed by atoms with Crippen molar-refractivity contribution < 1.29 is 23.7 Å². The van der Waals surface area contributed by atoms with Gasteiger partial charge in [0, 0.05) is 46.3 Å². The van der Waals surface area contributed by atoms with E-state index in [0.717, 1.165) is 79.5 Å². The van der Waals surface area contributed by atoms with Crippen LogP contribution in [0.2, 0.25) is 0 Å². The standard InChI is InChI=1S/C30H37N5O5S/c1-4-37-29(36)24-17-22-28(41-24)33-26(35(22)18-20-11-15-38-20)16-19-9-13-34(14-10-19)21-6-5-7-23-27(21)40-30(2,39-23)25(31)8-12-32-3/h5-8,12,17,19-20H,4,9-11,13-16,18,31H2,1-3H3/t20-,30-/m0/s1. The highest BCUT2D eigenvalue weighted by Gasteiger charge is 2.41. The lowest BCUT2D eigenvalue weighted by Gasteiger charge is -2.34. The van der Waals surface area contributed by atoms with Gasteiger partial charge < -0.3 is 34.1 Å². The van der Waals surface area contributed by atoms with Gasteiger partial charge in [-0.05, 0) is 56.4 Å². The summed E-state index contributed by atoms with van der Waals surface area (Å²) in [6.07, 6.45) is 7.55. The Morgan fingerprint density at radius 1 is 1.29 bits per heavy atom. The van der Waals surface area contributed by atoms with Gasteiger partial charge >= 0.3 is 5.97 Å². The van der Waals surface area contributed by atoms with Gasteiger partial charge in [-0.15, -0.1) is 11.3 Å². The Bertz CT molecular complexity index is 1480. The number of nitrogens with two attached hydrogens (primary N) is 1. The monoisotopic (exact) mass is 579 g/mol. The fraction of sp³-hybridized carbons (Fsp3) is 0.500. The Labute approximate surface area is 243 Å². The third-order valence-electron chi connectivity index (χ3n) is 8.10. The molecule has 2 atom stereocenters. The van der Waals surface area contributed by atoms with Crippen LogP contribution in [0.3, 0.4) is 0 Å². The second kappa shape index (κ2) is 11.4. The smallest absolute Gasteiger partial charge is 0.348 e. The number of ether oxygens (including phenoxy) is 4. The first-order valence-electron chi connectivity index (χ1n) is 14.3. The number of esters is 1. The van der Waals surface area contributed by atoms with Crippen LogP contribution in [0.1, 0.15) is 48.6 Å². The zero-order valence-corrected chi connectivity index (χ0v) is 24.6. The van der Waals surface area contributed by atoms with Crippen LogP contribution in [0.5, 0.6) is 11.5 Å². The Hall–Kier alpha value is -3.57. The molecule has 1 aromatic carbocycles. The molecule has 10 nitrogen and oxygen atoms in total. The number of nitrogens with zero attached hydrogens (tertiary/aromatic N) is 4. The van der Waals surface area contributed by atoms with Crippen molar-refractivity contribution in [3.63, 3.8) is 0 Å². The number of benzene rings is 1. The number of anilines is 1. The first-order valence-corrected chi connectivity index (χ1v) is 15.1. The number of aromatic nitrogens is 2. The molecule has 0 aliphatic carbocycles. The molecule has 11 heteroatoms. The maximum absolute atomic E-state index is 12.3. The summed E-state index contributed by atoms with van der Waals surface area (Å²) in [5.74, 6) is 1.64. The summed E-state index contributed by atoms with van der Waals surface area (Å²) in [4.78, 5) is 25.2. The van der Waals surface area contributed by atoms with E-state index in [9.17, 15) is 4.79 Å². The van der Waals surface area contributed by atoms with Gasteiger partial charge in [-0.2, -0.15) is 0 Å². The molecule has 5 heterocycles. The summed E-state index contributed by atoms with van der Waals surface area (Å²) >= 11 is 1.41. The molecule has 41 heavy (non-hydrogen) atoms. The average Bonchev–Trinajstić information content (AvgIpc) is 3.61. The molecule has 0 bridgehead atoms. The fourth-order valence-electron chi connectivity index (χ4n) is 5.68. The summed E-state index contributed by atoms with van der Waals surface area (Å²) in [5, 5.41) is 0. The third kappa shape index (κ3) is 5.40. The number of piperidine rings is 1. The molecular formula is C30H37N5O5S. The molecule has 6 rings (SSSR count). The number of para-hydroxylation sites is 1. The highest BCUT2D eigenvalue weighted by Crippen LogP contribution is 2.48. The second-order valence-electron chi connectivity index (χ2n) is 10.9. The largest absolute Gasteiger partial charge is 0.462 e. The van der Waals surface area contributed by atoms with Crippen LogP contribution < -0.4 is 20.1 Å². The van der Waals surface area contributed by atoms with Crippen LogP contribution in [-0.4, -0.2) is 67.0 Å². The van der Waals surface area contributed by atoms with E-state index < -0.39 is 5.79 Å². The summed E-state index contributed by atoms with van der Waals surface area (Å²) in [7, 11) is 1.69. The van der Waals surface area contributed by atoms with Crippen molar-refractivity contribution in [1.82, 2.24) is 9.55 Å². The summed E-state index contributed by atoms with van der Waals surface area (Å²) in [6, 6.07) is 7.93. The van der Waals surface area contributed by atoms with Crippen molar-refractivity contribution in [1.29, 1.82) is 0 Å². The van der Waals surface area contributed by atoms with Crippen molar-refractivity contribution in [2.75, 3.05) is 38.3 Å². The lowest BCUT2D eigenvalue weighted by Crippen LogP contribution is -2.41. The maximum atomic E-state index is 12.3. The molecule has 2 fully saturated rings. The van der Waals surface area contributed by atoms with E-state index in [2.05, 4.69) is 20.5 Å². The lowest BCUT2D eigenvalue weighted by molar-refractivity contribution is -0.0590. The number of hydrogen-bond acceptors (Lipinski definition) is 10. The molecule has 0 radical (unpaired) electrons. The number of allylic oxidation sites excluding steroid dienone is 1. The molecule has 0 unspecified atom stereocenters. The first-order chi connectivity index (χ1) is 19.9. The van der Waals surface area contributed by atoms with Crippen molar-refractivity contribution in [2.45, 2.75) is 58.0 Å². The van der Waals surface area contributed by atoms with Crippen molar-refractivity contribution in [3.05, 3.63) is 46.7 Å². The van der Waals surface area contributed by atoms with E-state index in [-0.39, 0.29) is 12.1 Å². The molecule has 3 aliphatic heterocycles. The molecule has 3 aliphatic rings. The van der Waals surface area contributed by atoms with Crippen molar-refractivity contribution in [3.8, 4) is 11.5 Å². The number of carbonyl (C=O) groups excluding carboxylic acids is 1. The SMILES string of the molecule is CCOC(=O)c1cc2c(nc(CC3CCN(c4cccc5c4O[C@@](C)(C(N)=CC=NC)O5)CC3)n2C[C@@H]2CCO2)s1. The lowest BCUT2D eigenvalue weighted by atomic mass is 9.92. The third-order valence-corrected chi connectivity index (χ3v) is 9.09. The molecule has 3 aromatic rings. The summed E-state index contributed by atoms with van der Waals surface area (Å²) < 4.78 is 25.7. The van der Waals surface area contributed by atoms with Crippen LogP contribution in [0, 0.1) is 5.92 Å². The van der Waals surface area contributed by atoms with Crippen LogP contribution >= 0.6 is 11.3 Å². The number of carbonyl (C=O) groups is 1. The number of fused-ring (bicyclic) bond motifs is 2. The zero-order valence-electron chi connectivity index (χ0n) is 23.8. The second-order valence-corrected chi connectivity index (χ2v) is 11.9. The Morgan fingerprint density at radius 3 is 2.80 bits per heavy atom. The van der Waals surface area contributed by atoms with E-state index in [4.69, 9.17) is 29.7 Å². The van der Waals surface area contributed by atoms with E-state index in [1.54, 1.807) is 19.3 Å². The van der Waals surface area contributed by atoms with E-state index >= 15 is 0 Å². The molecule has 218 valence electrons. The van der Waals surface area contributed by atoms with E-state index in [1.165, 1.54) is 11.3 Å². The average molecular weight is 580 g/mol. The van der Waals surface area contributed by atoms with Gasteiger partial charge in [0.15, 0.2) is 11.5 Å². The molecule has 2 N–H and O–H groups in total. The quantitative estimate of drug-likeness (QED) is 0.290. The van der Waals surface area contributed by atoms with Gasteiger partial charge in [0.2, 0.25) is 0 Å². The van der Waals surface area contributed by atoms with Crippen LogP contribution in [0.15, 0.2) is 41.0 Å². The van der Waals surface area contributed by atoms with Crippen LogP contribution in [0.25, 0.3) is 10.3 Å². The number of imidazole rings is 1. The van der Waals surface area contributed by atoms with Gasteiger partial charge in [-0.1, -0.05) is 6.07 Å². The summed E-state index contributed by atoms with van der Waals surface area (Å²) in [6.45, 7) is 7.39. The van der Waals surface area contributed by atoms with Gasteiger partial charge in [0.25, 0.3) is 5.79 Å². The Balaban J connectivity index is 1.15. The minimum atomic E-state index is -1.07. The van der Waals surface area contributed by atoms with E-state index in [0.29, 0.717) is 28.8 Å². The van der Waals surface area contributed by atoms with Crippen LogP contribution in [-0.2, 0) is 22.4 Å².